The molecule has 0 radical (unpaired) electrons. The summed E-state index contributed by atoms with van der Waals surface area (Å²) < 4.78 is 5.44. The maximum atomic E-state index is 12.9. The number of nitrogens with zero attached hydrogens (tertiary/aromatic N) is 3. The molecule has 174 valence electrons. The topological polar surface area (TPSA) is 57.7 Å². The predicted molar refractivity (Wildman–Crippen MR) is 133 cm³/mol. The number of amides is 1. The summed E-state index contributed by atoms with van der Waals surface area (Å²) in [6, 6.07) is 17.9. The van der Waals surface area contributed by atoms with Crippen molar-refractivity contribution in [3.05, 3.63) is 71.2 Å². The second kappa shape index (κ2) is 10.9. The summed E-state index contributed by atoms with van der Waals surface area (Å²) >= 11 is 1.70. The van der Waals surface area contributed by atoms with Crippen LogP contribution in [0, 0.1) is 0 Å². The molecule has 0 aliphatic carbocycles. The number of rotatable bonds is 8. The van der Waals surface area contributed by atoms with Crippen molar-refractivity contribution in [3.8, 4) is 16.3 Å². The van der Waals surface area contributed by atoms with Crippen LogP contribution in [0.2, 0.25) is 0 Å². The van der Waals surface area contributed by atoms with E-state index in [1.54, 1.807) is 18.4 Å². The fraction of sp³-hybridized carbons (Fsp3) is 0.385. The van der Waals surface area contributed by atoms with Crippen molar-refractivity contribution >= 4 is 17.2 Å². The Labute approximate surface area is 200 Å². The summed E-state index contributed by atoms with van der Waals surface area (Å²) in [5.74, 6) is 0.845. The van der Waals surface area contributed by atoms with E-state index in [0.29, 0.717) is 0 Å². The summed E-state index contributed by atoms with van der Waals surface area (Å²) in [5.41, 5.74) is 3.27. The van der Waals surface area contributed by atoms with Crippen molar-refractivity contribution in [2.45, 2.75) is 32.5 Å². The number of carbonyl (C=O) groups is 1. The Morgan fingerprint density at radius 3 is 2.48 bits per heavy atom. The fourth-order valence-corrected chi connectivity index (χ4v) is 5.05. The van der Waals surface area contributed by atoms with Crippen LogP contribution in [-0.2, 0) is 11.3 Å². The normalized spacial score (nSPS) is 16.8. The number of hydrogen-bond donors (Lipinski definition) is 1. The molecular formula is C26H32N4O2S. The molecule has 1 aliphatic heterocycles. The lowest BCUT2D eigenvalue weighted by Gasteiger charge is -2.37. The Hall–Kier alpha value is -2.74. The van der Waals surface area contributed by atoms with Gasteiger partial charge >= 0.3 is 0 Å². The molecule has 3 aromatic rings. The molecule has 0 saturated carbocycles. The van der Waals surface area contributed by atoms with Gasteiger partial charge in [-0.05, 0) is 19.9 Å². The van der Waals surface area contributed by atoms with Gasteiger partial charge in [0.15, 0.2) is 0 Å². The number of piperazine rings is 1. The van der Waals surface area contributed by atoms with Crippen molar-refractivity contribution < 1.29 is 9.53 Å². The molecule has 1 N–H and O–H groups in total. The molecule has 0 bridgehead atoms. The molecule has 6 nitrogen and oxygen atoms in total. The van der Waals surface area contributed by atoms with Gasteiger partial charge in [0.2, 0.25) is 5.91 Å². The van der Waals surface area contributed by atoms with Crippen molar-refractivity contribution in [2.75, 3.05) is 33.3 Å². The molecule has 7 heteroatoms. The smallest absolute Gasteiger partial charge is 0.237 e. The number of nitrogens with one attached hydrogen (secondary N) is 1. The third kappa shape index (κ3) is 5.79. The van der Waals surface area contributed by atoms with Crippen molar-refractivity contribution in [1.29, 1.82) is 0 Å². The van der Waals surface area contributed by atoms with Crippen LogP contribution in [0.5, 0.6) is 5.75 Å². The Balaban J connectivity index is 1.27. The van der Waals surface area contributed by atoms with Gasteiger partial charge in [0.1, 0.15) is 10.8 Å². The second-order valence-electron chi connectivity index (χ2n) is 8.47. The van der Waals surface area contributed by atoms with Gasteiger partial charge in [-0.15, -0.1) is 11.3 Å². The highest BCUT2D eigenvalue weighted by Gasteiger charge is 2.27. The molecule has 1 saturated heterocycles. The average molecular weight is 465 g/mol. The monoisotopic (exact) mass is 464 g/mol. The third-order valence-electron chi connectivity index (χ3n) is 6.26. The lowest BCUT2D eigenvalue weighted by Crippen LogP contribution is -2.53. The van der Waals surface area contributed by atoms with E-state index >= 15 is 0 Å². The number of methoxy groups -OCH3 is 1. The Morgan fingerprint density at radius 2 is 1.76 bits per heavy atom. The van der Waals surface area contributed by atoms with Crippen LogP contribution in [0.25, 0.3) is 10.6 Å². The second-order valence-corrected chi connectivity index (χ2v) is 9.33. The van der Waals surface area contributed by atoms with Gasteiger partial charge in [0.25, 0.3) is 0 Å². The first kappa shape index (κ1) is 23.4. The van der Waals surface area contributed by atoms with E-state index in [9.17, 15) is 4.79 Å². The van der Waals surface area contributed by atoms with Gasteiger partial charge in [-0.3, -0.25) is 14.6 Å². The molecule has 4 rings (SSSR count). The van der Waals surface area contributed by atoms with Crippen LogP contribution in [0.15, 0.2) is 60.0 Å². The van der Waals surface area contributed by atoms with E-state index in [4.69, 9.17) is 9.72 Å². The zero-order valence-corrected chi connectivity index (χ0v) is 20.3. The largest absolute Gasteiger partial charge is 0.496 e. The minimum Gasteiger partial charge on any atom is -0.496 e. The van der Waals surface area contributed by atoms with E-state index in [1.807, 2.05) is 56.3 Å². The number of benzene rings is 2. The molecule has 1 aliphatic rings. The summed E-state index contributed by atoms with van der Waals surface area (Å²) in [6.07, 6.45) is 0. The SMILES string of the molecule is COc1ccccc1C(C)NC(=O)C(C)N1CCN(Cc2csc(-c3ccccc3)n2)CC1. The first-order chi connectivity index (χ1) is 16.0. The van der Waals surface area contributed by atoms with Crippen molar-refractivity contribution in [3.63, 3.8) is 0 Å². The maximum absolute atomic E-state index is 12.9. The van der Waals surface area contributed by atoms with Gasteiger partial charge in [-0.2, -0.15) is 0 Å². The fourth-order valence-electron chi connectivity index (χ4n) is 4.23. The first-order valence-electron chi connectivity index (χ1n) is 11.4. The van der Waals surface area contributed by atoms with Crippen LogP contribution < -0.4 is 10.1 Å². The van der Waals surface area contributed by atoms with E-state index < -0.39 is 0 Å². The lowest BCUT2D eigenvalue weighted by molar-refractivity contribution is -0.127. The van der Waals surface area contributed by atoms with Gasteiger partial charge in [-0.25, -0.2) is 4.98 Å². The van der Waals surface area contributed by atoms with Gasteiger partial charge in [0, 0.05) is 49.2 Å². The van der Waals surface area contributed by atoms with Crippen molar-refractivity contribution in [2.24, 2.45) is 0 Å². The van der Waals surface area contributed by atoms with E-state index in [0.717, 1.165) is 54.7 Å². The van der Waals surface area contributed by atoms with E-state index in [1.165, 1.54) is 5.56 Å². The number of aromatic nitrogens is 1. The zero-order valence-electron chi connectivity index (χ0n) is 19.5. The van der Waals surface area contributed by atoms with Crippen LogP contribution in [0.4, 0.5) is 0 Å². The maximum Gasteiger partial charge on any atom is 0.237 e. The number of thiazole rings is 1. The first-order valence-corrected chi connectivity index (χ1v) is 12.3. The minimum atomic E-state index is -0.173. The lowest BCUT2D eigenvalue weighted by atomic mass is 10.1. The number of hydrogen-bond acceptors (Lipinski definition) is 6. The van der Waals surface area contributed by atoms with Crippen LogP contribution in [0.1, 0.15) is 31.1 Å². The average Bonchev–Trinajstić information content (AvgIpc) is 3.33. The molecule has 2 atom stereocenters. The predicted octanol–water partition coefficient (Wildman–Crippen LogP) is 4.20. The van der Waals surface area contributed by atoms with Gasteiger partial charge in [0.05, 0.1) is 24.9 Å². The molecule has 0 spiro atoms. The van der Waals surface area contributed by atoms with Crippen molar-refractivity contribution in [1.82, 2.24) is 20.1 Å². The Bertz CT molecular complexity index is 1050. The molecule has 2 aromatic carbocycles. The molecule has 1 amide bonds. The zero-order chi connectivity index (χ0) is 23.2. The summed E-state index contributed by atoms with van der Waals surface area (Å²) in [4.78, 5) is 22.4. The van der Waals surface area contributed by atoms with Crippen LogP contribution in [0.3, 0.4) is 0 Å². The molecule has 2 heterocycles. The number of carbonyl (C=O) groups excluding carboxylic acids is 1. The molecular weight excluding hydrogens is 432 g/mol. The van der Waals surface area contributed by atoms with Gasteiger partial charge in [-0.1, -0.05) is 48.5 Å². The summed E-state index contributed by atoms with van der Waals surface area (Å²) in [6.45, 7) is 8.43. The molecule has 1 fully saturated rings. The van der Waals surface area contributed by atoms with Crippen LogP contribution in [-0.4, -0.2) is 60.0 Å². The van der Waals surface area contributed by atoms with Gasteiger partial charge < -0.3 is 10.1 Å². The summed E-state index contributed by atoms with van der Waals surface area (Å²) in [5, 5.41) is 6.38. The Kier molecular flexibility index (Phi) is 7.75. The Morgan fingerprint density at radius 1 is 1.06 bits per heavy atom. The highest BCUT2D eigenvalue weighted by atomic mass is 32.1. The van der Waals surface area contributed by atoms with E-state index in [-0.39, 0.29) is 18.0 Å². The third-order valence-corrected chi connectivity index (χ3v) is 7.20. The highest BCUT2D eigenvalue weighted by molar-refractivity contribution is 7.13. The number of para-hydroxylation sites is 1. The van der Waals surface area contributed by atoms with Crippen LogP contribution >= 0.6 is 11.3 Å². The quantitative estimate of drug-likeness (QED) is 0.541. The summed E-state index contributed by atoms with van der Waals surface area (Å²) in [7, 11) is 1.66. The molecule has 33 heavy (non-hydrogen) atoms. The molecule has 2 unspecified atom stereocenters. The van der Waals surface area contributed by atoms with E-state index in [2.05, 4.69) is 32.6 Å². The highest BCUT2D eigenvalue weighted by Crippen LogP contribution is 2.25. The number of ether oxygens (including phenoxy) is 1. The standard InChI is InChI=1S/C26H32N4O2S/c1-19(23-11-7-8-12-24(23)32-3)27-25(31)20(2)30-15-13-29(14-16-30)17-22-18-33-26(28-22)21-9-5-4-6-10-21/h4-12,18-20H,13-17H2,1-3H3,(H,27,31). The molecule has 1 aromatic heterocycles. The minimum absolute atomic E-state index is 0.0499.